The molecule has 1 N–H and O–H groups in total. The Balaban J connectivity index is 1.66. The molecule has 0 aliphatic carbocycles. The van der Waals surface area contributed by atoms with Gasteiger partial charge in [0.25, 0.3) is 5.91 Å². The van der Waals surface area contributed by atoms with Crippen LogP contribution in [0.2, 0.25) is 0 Å². The monoisotopic (exact) mass is 313 g/mol. The zero-order valence-electron chi connectivity index (χ0n) is 13.6. The highest BCUT2D eigenvalue weighted by Crippen LogP contribution is 2.16. The van der Waals surface area contributed by atoms with E-state index in [1.165, 1.54) is 0 Å². The number of nitrogens with one attached hydrogen (secondary N) is 1. The van der Waals surface area contributed by atoms with Gasteiger partial charge < -0.3 is 14.8 Å². The topological polar surface area (TPSA) is 63.1 Å². The van der Waals surface area contributed by atoms with Crippen LogP contribution >= 0.6 is 0 Å². The quantitative estimate of drug-likeness (QED) is 0.940. The molecule has 23 heavy (non-hydrogen) atoms. The van der Waals surface area contributed by atoms with Crippen LogP contribution in [0.4, 0.5) is 5.95 Å². The fourth-order valence-electron chi connectivity index (χ4n) is 3.03. The summed E-state index contributed by atoms with van der Waals surface area (Å²) in [5, 5.41) is 3.16. The van der Waals surface area contributed by atoms with E-state index < -0.39 is 0 Å². The number of aromatic nitrogens is 3. The van der Waals surface area contributed by atoms with Crippen LogP contribution in [0.1, 0.15) is 43.2 Å². The SMILES string of the molecule is CC(C)n1cccc1C(=O)N[C@H]1CCCN(c2ncccn2)C1. The molecule has 6 nitrogen and oxygen atoms in total. The van der Waals surface area contributed by atoms with Crippen molar-refractivity contribution in [1.29, 1.82) is 0 Å². The van der Waals surface area contributed by atoms with Crippen LogP contribution in [0, 0.1) is 0 Å². The van der Waals surface area contributed by atoms with Gasteiger partial charge in [0.1, 0.15) is 5.69 Å². The Hall–Kier alpha value is -2.37. The molecule has 0 aromatic carbocycles. The lowest BCUT2D eigenvalue weighted by atomic mass is 10.1. The third-order valence-electron chi connectivity index (χ3n) is 4.16. The van der Waals surface area contributed by atoms with Gasteiger partial charge in [0.15, 0.2) is 0 Å². The summed E-state index contributed by atoms with van der Waals surface area (Å²) in [6.07, 6.45) is 7.45. The van der Waals surface area contributed by atoms with Crippen molar-refractivity contribution in [3.05, 3.63) is 42.5 Å². The molecular weight excluding hydrogens is 290 g/mol. The molecule has 6 heteroatoms. The minimum Gasteiger partial charge on any atom is -0.346 e. The van der Waals surface area contributed by atoms with Crippen molar-refractivity contribution >= 4 is 11.9 Å². The fraction of sp³-hybridized carbons (Fsp3) is 0.471. The van der Waals surface area contributed by atoms with Crippen molar-refractivity contribution < 1.29 is 4.79 Å². The minimum absolute atomic E-state index is 0.00969. The normalized spacial score (nSPS) is 18.2. The van der Waals surface area contributed by atoms with Gasteiger partial charge in [-0.1, -0.05) is 0 Å². The van der Waals surface area contributed by atoms with Crippen LogP contribution in [0.15, 0.2) is 36.8 Å². The number of anilines is 1. The number of carbonyl (C=O) groups excluding carboxylic acids is 1. The number of carbonyl (C=O) groups is 1. The molecular formula is C17H23N5O. The maximum Gasteiger partial charge on any atom is 0.268 e. The summed E-state index contributed by atoms with van der Waals surface area (Å²) in [5.41, 5.74) is 0.716. The standard InChI is InChI=1S/C17H23N5O/c1-13(2)22-11-4-7-15(22)16(23)20-14-6-3-10-21(12-14)17-18-8-5-9-19-17/h4-5,7-9,11,13-14H,3,6,10,12H2,1-2H3,(H,20,23)/t14-/m0/s1. The lowest BCUT2D eigenvalue weighted by Gasteiger charge is -2.33. The molecule has 1 aliphatic heterocycles. The van der Waals surface area contributed by atoms with Gasteiger partial charge in [-0.15, -0.1) is 0 Å². The number of piperidine rings is 1. The minimum atomic E-state index is -0.00969. The molecule has 2 aromatic rings. The summed E-state index contributed by atoms with van der Waals surface area (Å²) in [6.45, 7) is 5.83. The van der Waals surface area contributed by atoms with E-state index in [1.807, 2.05) is 29.0 Å². The Labute approximate surface area is 136 Å². The van der Waals surface area contributed by atoms with E-state index in [0.717, 1.165) is 31.9 Å². The van der Waals surface area contributed by atoms with E-state index in [1.54, 1.807) is 12.4 Å². The molecule has 0 saturated carbocycles. The van der Waals surface area contributed by atoms with Crippen molar-refractivity contribution in [3.8, 4) is 0 Å². The molecule has 3 heterocycles. The highest BCUT2D eigenvalue weighted by atomic mass is 16.2. The maximum absolute atomic E-state index is 12.6. The van der Waals surface area contributed by atoms with Gasteiger partial charge >= 0.3 is 0 Å². The summed E-state index contributed by atoms with van der Waals surface area (Å²) in [6, 6.07) is 5.99. The summed E-state index contributed by atoms with van der Waals surface area (Å²) in [7, 11) is 0. The Bertz CT molecular complexity index is 652. The van der Waals surface area contributed by atoms with Crippen molar-refractivity contribution in [3.63, 3.8) is 0 Å². The first-order chi connectivity index (χ1) is 11.1. The average Bonchev–Trinajstić information content (AvgIpc) is 3.06. The second kappa shape index (κ2) is 6.81. The van der Waals surface area contributed by atoms with Gasteiger partial charge in [-0.25, -0.2) is 9.97 Å². The molecule has 122 valence electrons. The van der Waals surface area contributed by atoms with Gasteiger partial charge in [0.05, 0.1) is 0 Å². The molecule has 0 radical (unpaired) electrons. The molecule has 1 fully saturated rings. The van der Waals surface area contributed by atoms with Crippen molar-refractivity contribution in [2.75, 3.05) is 18.0 Å². The van der Waals surface area contributed by atoms with Gasteiger partial charge in [0, 0.05) is 43.8 Å². The fourth-order valence-corrected chi connectivity index (χ4v) is 3.03. The van der Waals surface area contributed by atoms with Gasteiger partial charge in [-0.2, -0.15) is 0 Å². The summed E-state index contributed by atoms with van der Waals surface area (Å²) in [4.78, 5) is 23.3. The van der Waals surface area contributed by atoms with Crippen LogP contribution in [-0.4, -0.2) is 39.6 Å². The first-order valence-electron chi connectivity index (χ1n) is 8.15. The Morgan fingerprint density at radius 1 is 1.30 bits per heavy atom. The molecule has 0 spiro atoms. The second-order valence-electron chi connectivity index (χ2n) is 6.20. The van der Waals surface area contributed by atoms with Crippen LogP contribution < -0.4 is 10.2 Å². The third kappa shape index (κ3) is 3.52. The third-order valence-corrected chi connectivity index (χ3v) is 4.16. The lowest BCUT2D eigenvalue weighted by molar-refractivity contribution is 0.0922. The van der Waals surface area contributed by atoms with E-state index in [9.17, 15) is 4.79 Å². The molecule has 1 aliphatic rings. The van der Waals surface area contributed by atoms with E-state index in [4.69, 9.17) is 0 Å². The molecule has 1 atom stereocenters. The lowest BCUT2D eigenvalue weighted by Crippen LogP contribution is -2.48. The molecule has 0 bridgehead atoms. The number of hydrogen-bond acceptors (Lipinski definition) is 4. The Morgan fingerprint density at radius 3 is 2.83 bits per heavy atom. The summed E-state index contributed by atoms with van der Waals surface area (Å²) < 4.78 is 2.00. The Morgan fingerprint density at radius 2 is 2.09 bits per heavy atom. The predicted molar refractivity (Wildman–Crippen MR) is 89.6 cm³/mol. The number of amides is 1. The van der Waals surface area contributed by atoms with Crippen LogP contribution in [0.25, 0.3) is 0 Å². The predicted octanol–water partition coefficient (Wildman–Crippen LogP) is 2.26. The number of rotatable bonds is 4. The summed E-state index contributed by atoms with van der Waals surface area (Å²) >= 11 is 0. The largest absolute Gasteiger partial charge is 0.346 e. The first kappa shape index (κ1) is 15.5. The van der Waals surface area contributed by atoms with E-state index in [0.29, 0.717) is 5.69 Å². The van der Waals surface area contributed by atoms with Gasteiger partial charge in [-0.3, -0.25) is 4.79 Å². The first-order valence-corrected chi connectivity index (χ1v) is 8.15. The van der Waals surface area contributed by atoms with Crippen LogP contribution in [0.5, 0.6) is 0 Å². The highest BCUT2D eigenvalue weighted by Gasteiger charge is 2.24. The van der Waals surface area contributed by atoms with E-state index in [-0.39, 0.29) is 18.0 Å². The van der Waals surface area contributed by atoms with Crippen molar-refractivity contribution in [2.24, 2.45) is 0 Å². The molecule has 1 amide bonds. The molecule has 0 unspecified atom stereocenters. The number of hydrogen-bond donors (Lipinski definition) is 1. The van der Waals surface area contributed by atoms with Crippen molar-refractivity contribution in [2.45, 2.75) is 38.8 Å². The maximum atomic E-state index is 12.6. The van der Waals surface area contributed by atoms with E-state index in [2.05, 4.69) is 34.0 Å². The zero-order chi connectivity index (χ0) is 16.2. The van der Waals surface area contributed by atoms with Crippen LogP contribution in [0.3, 0.4) is 0 Å². The van der Waals surface area contributed by atoms with Crippen LogP contribution in [-0.2, 0) is 0 Å². The van der Waals surface area contributed by atoms with Crippen molar-refractivity contribution in [1.82, 2.24) is 19.9 Å². The summed E-state index contributed by atoms with van der Waals surface area (Å²) in [5.74, 6) is 0.724. The van der Waals surface area contributed by atoms with E-state index >= 15 is 0 Å². The average molecular weight is 313 g/mol. The molecule has 1 saturated heterocycles. The van der Waals surface area contributed by atoms with Gasteiger partial charge in [0.2, 0.25) is 5.95 Å². The molecule has 3 rings (SSSR count). The second-order valence-corrected chi connectivity index (χ2v) is 6.20. The smallest absolute Gasteiger partial charge is 0.268 e. The van der Waals surface area contributed by atoms with Gasteiger partial charge in [-0.05, 0) is 44.9 Å². The molecule has 2 aromatic heterocycles. The number of nitrogens with zero attached hydrogens (tertiary/aromatic N) is 4. The zero-order valence-corrected chi connectivity index (χ0v) is 13.6. The Kier molecular flexibility index (Phi) is 4.60. The highest BCUT2D eigenvalue weighted by molar-refractivity contribution is 5.93.